The predicted molar refractivity (Wildman–Crippen MR) is 193 cm³/mol. The number of nitrogens with zero attached hydrogens (tertiary/aromatic N) is 7. The molecule has 49 heavy (non-hydrogen) atoms. The molecule has 13 nitrogen and oxygen atoms in total. The summed E-state index contributed by atoms with van der Waals surface area (Å²) in [6.45, 7) is 0. The maximum absolute atomic E-state index is 8.74. The number of hydrogen-bond donors (Lipinski definition) is 6. The lowest BCUT2D eigenvalue weighted by atomic mass is 10.0. The Hall–Kier alpha value is -7.28. The zero-order chi connectivity index (χ0) is 34.3. The lowest BCUT2D eigenvalue weighted by Gasteiger charge is -2.06. The van der Waals surface area contributed by atoms with E-state index < -0.39 is 0 Å². The highest BCUT2D eigenvalue weighted by Gasteiger charge is 2.10. The largest absolute Gasteiger partial charge is 0.409 e. The fourth-order valence-electron chi connectivity index (χ4n) is 5.14. The molecule has 0 aliphatic heterocycles. The Morgan fingerprint density at radius 3 is 1.98 bits per heavy atom. The average Bonchev–Trinajstić information content (AvgIpc) is 3.65. The standard InChI is InChI=1S/C19H16N6O.C17H15N5O/c20-18(24-26)12-5-7-14(8-6-12)25-11-13(9-23-25)17-10-22-19(21)16-4-2-1-3-15(16)17;18-16(22-23)12-6-3-11(4-7-12)5-8-13-10-21-17(19)15-14(13)2-1-9-20-15/h1-11,26H,(H2,20,24)(H2,21,22);1-10,23H,(H2,18,22)(H2,19,21)/b;8-5+. The molecule has 0 aliphatic carbocycles. The Morgan fingerprint density at radius 1 is 0.653 bits per heavy atom. The minimum Gasteiger partial charge on any atom is -0.409 e. The van der Waals surface area contributed by atoms with E-state index in [1.165, 1.54) is 0 Å². The molecule has 13 heteroatoms. The van der Waals surface area contributed by atoms with Crippen molar-refractivity contribution < 1.29 is 10.4 Å². The molecule has 10 N–H and O–H groups in total. The Bertz CT molecular complexity index is 2350. The van der Waals surface area contributed by atoms with Crippen molar-refractivity contribution in [3.63, 3.8) is 0 Å². The van der Waals surface area contributed by atoms with Gasteiger partial charge in [0.1, 0.15) is 17.2 Å². The van der Waals surface area contributed by atoms with Crippen molar-refractivity contribution in [3.8, 4) is 16.8 Å². The molecule has 0 radical (unpaired) electrons. The van der Waals surface area contributed by atoms with Gasteiger partial charge in [-0.1, -0.05) is 77.1 Å². The molecule has 0 atom stereocenters. The summed E-state index contributed by atoms with van der Waals surface area (Å²) in [5.74, 6) is 1.08. The third-order valence-corrected chi connectivity index (χ3v) is 7.73. The van der Waals surface area contributed by atoms with Crippen LogP contribution >= 0.6 is 0 Å². The minimum atomic E-state index is 0.0668. The molecule has 3 aromatic carbocycles. The topological polar surface area (TPSA) is 226 Å². The molecule has 0 saturated heterocycles. The fraction of sp³-hybridized carbons (Fsp3) is 0. The summed E-state index contributed by atoms with van der Waals surface area (Å²) in [4.78, 5) is 12.7. The molecule has 242 valence electrons. The fourth-order valence-corrected chi connectivity index (χ4v) is 5.14. The van der Waals surface area contributed by atoms with Gasteiger partial charge < -0.3 is 33.3 Å². The van der Waals surface area contributed by atoms with Crippen LogP contribution in [0.25, 0.3) is 50.6 Å². The van der Waals surface area contributed by atoms with Gasteiger partial charge in [-0.25, -0.2) is 14.6 Å². The van der Waals surface area contributed by atoms with E-state index in [-0.39, 0.29) is 11.7 Å². The van der Waals surface area contributed by atoms with Crippen LogP contribution in [0, 0.1) is 0 Å². The van der Waals surface area contributed by atoms with E-state index >= 15 is 0 Å². The molecule has 0 aliphatic rings. The number of hydrogen-bond acceptors (Lipinski definition) is 10. The smallest absolute Gasteiger partial charge is 0.170 e. The van der Waals surface area contributed by atoms with Crippen LogP contribution in [0.1, 0.15) is 22.3 Å². The van der Waals surface area contributed by atoms with Gasteiger partial charge in [0.2, 0.25) is 0 Å². The van der Waals surface area contributed by atoms with Crippen LogP contribution < -0.4 is 22.9 Å². The van der Waals surface area contributed by atoms with E-state index in [4.69, 9.17) is 33.3 Å². The van der Waals surface area contributed by atoms with Crippen molar-refractivity contribution in [1.29, 1.82) is 0 Å². The number of pyridine rings is 3. The minimum absolute atomic E-state index is 0.0668. The van der Waals surface area contributed by atoms with Gasteiger partial charge in [0.05, 0.1) is 11.9 Å². The van der Waals surface area contributed by atoms with E-state index in [2.05, 4.69) is 30.4 Å². The number of aromatic nitrogens is 5. The van der Waals surface area contributed by atoms with E-state index in [0.29, 0.717) is 28.3 Å². The summed E-state index contributed by atoms with van der Waals surface area (Å²) in [6, 6.07) is 26.3. The highest BCUT2D eigenvalue weighted by atomic mass is 16.4. The van der Waals surface area contributed by atoms with Crippen LogP contribution in [-0.2, 0) is 0 Å². The molecule has 0 unspecified atom stereocenters. The third-order valence-electron chi connectivity index (χ3n) is 7.73. The van der Waals surface area contributed by atoms with Crippen molar-refractivity contribution in [3.05, 3.63) is 138 Å². The second-order valence-electron chi connectivity index (χ2n) is 10.7. The average molecular weight is 650 g/mol. The van der Waals surface area contributed by atoms with Crippen molar-refractivity contribution in [2.24, 2.45) is 21.8 Å². The SMILES string of the molecule is NC(=NO)c1ccc(-n2cc(-c3cnc(N)c4ccccc34)cn2)cc1.NC(=NO)c1ccc(/C=C/c2cnc(N)c3ncccc23)cc1. The molecule has 0 spiro atoms. The maximum atomic E-state index is 8.74. The molecule has 0 saturated carbocycles. The van der Waals surface area contributed by atoms with E-state index in [1.807, 2.05) is 79.0 Å². The summed E-state index contributed by atoms with van der Waals surface area (Å²) in [5.41, 5.74) is 29.6. The second-order valence-corrected chi connectivity index (χ2v) is 10.7. The summed E-state index contributed by atoms with van der Waals surface area (Å²) in [6.07, 6.45) is 12.8. The van der Waals surface area contributed by atoms with Gasteiger partial charge >= 0.3 is 0 Å². The van der Waals surface area contributed by atoms with Gasteiger partial charge in [0, 0.05) is 63.4 Å². The molecule has 4 aromatic heterocycles. The zero-order valence-corrected chi connectivity index (χ0v) is 26.0. The number of rotatable bonds is 6. The first-order chi connectivity index (χ1) is 23.9. The van der Waals surface area contributed by atoms with Crippen LogP contribution in [0.5, 0.6) is 0 Å². The van der Waals surface area contributed by atoms with Crippen LogP contribution in [0.2, 0.25) is 0 Å². The highest BCUT2D eigenvalue weighted by molar-refractivity contribution is 6.01. The Kier molecular flexibility index (Phi) is 9.06. The number of nitrogens with two attached hydrogens (primary N) is 4. The molecule has 7 rings (SSSR count). The van der Waals surface area contributed by atoms with Crippen molar-refractivity contribution in [2.75, 3.05) is 11.5 Å². The molecular formula is C36H31N11O2. The number of anilines is 2. The van der Waals surface area contributed by atoms with E-state index in [0.717, 1.165) is 44.1 Å². The number of nitrogen functional groups attached to an aromatic ring is 2. The Morgan fingerprint density at radius 2 is 1.29 bits per heavy atom. The van der Waals surface area contributed by atoms with Crippen LogP contribution in [0.3, 0.4) is 0 Å². The van der Waals surface area contributed by atoms with Gasteiger partial charge in [-0.3, -0.25) is 4.98 Å². The molecule has 0 fully saturated rings. The van der Waals surface area contributed by atoms with Gasteiger partial charge in [0.25, 0.3) is 0 Å². The van der Waals surface area contributed by atoms with Crippen molar-refractivity contribution in [2.45, 2.75) is 0 Å². The molecule has 0 bridgehead atoms. The van der Waals surface area contributed by atoms with Gasteiger partial charge in [-0.15, -0.1) is 0 Å². The summed E-state index contributed by atoms with van der Waals surface area (Å²) >= 11 is 0. The molecular weight excluding hydrogens is 618 g/mol. The lowest BCUT2D eigenvalue weighted by molar-refractivity contribution is 0.318. The normalized spacial score (nSPS) is 11.9. The first-order valence-corrected chi connectivity index (χ1v) is 14.9. The highest BCUT2D eigenvalue weighted by Crippen LogP contribution is 2.30. The predicted octanol–water partition coefficient (Wildman–Crippen LogP) is 5.24. The van der Waals surface area contributed by atoms with Gasteiger partial charge in [0.15, 0.2) is 11.7 Å². The number of oxime groups is 2. The van der Waals surface area contributed by atoms with Crippen LogP contribution in [0.15, 0.2) is 126 Å². The first kappa shape index (κ1) is 31.7. The number of benzene rings is 3. The summed E-state index contributed by atoms with van der Waals surface area (Å²) < 4.78 is 1.76. The number of amidine groups is 2. The molecule has 4 heterocycles. The van der Waals surface area contributed by atoms with Gasteiger partial charge in [-0.05, 0) is 41.3 Å². The quantitative estimate of drug-likeness (QED) is 0.0594. The van der Waals surface area contributed by atoms with Gasteiger partial charge in [-0.2, -0.15) is 5.10 Å². The lowest BCUT2D eigenvalue weighted by Crippen LogP contribution is -2.12. The molecule has 7 aromatic rings. The zero-order valence-electron chi connectivity index (χ0n) is 26.0. The van der Waals surface area contributed by atoms with E-state index in [9.17, 15) is 0 Å². The van der Waals surface area contributed by atoms with Crippen molar-refractivity contribution >= 4 is 57.1 Å². The van der Waals surface area contributed by atoms with E-state index in [1.54, 1.807) is 53.7 Å². The second kappa shape index (κ2) is 14.0. The van der Waals surface area contributed by atoms with Crippen LogP contribution in [-0.4, -0.2) is 46.8 Å². The van der Waals surface area contributed by atoms with Crippen LogP contribution in [0.4, 0.5) is 11.6 Å². The summed E-state index contributed by atoms with van der Waals surface area (Å²) in [7, 11) is 0. The Balaban J connectivity index is 0.000000171. The summed E-state index contributed by atoms with van der Waals surface area (Å²) in [5, 5.41) is 30.7. The monoisotopic (exact) mass is 649 g/mol. The first-order valence-electron chi connectivity index (χ1n) is 14.9. The maximum Gasteiger partial charge on any atom is 0.170 e. The molecule has 0 amide bonds. The van der Waals surface area contributed by atoms with Crippen molar-refractivity contribution in [1.82, 2.24) is 24.7 Å². The third kappa shape index (κ3) is 6.80. The number of fused-ring (bicyclic) bond motifs is 2. The Labute approximate surface area is 280 Å².